The lowest BCUT2D eigenvalue weighted by molar-refractivity contribution is 1.01. The topological polar surface area (TPSA) is 131 Å². The molecule has 632 valence electrons. The Kier molecular flexibility index (Phi) is 17.7. The lowest BCUT2D eigenvalue weighted by Crippen LogP contribution is -2.04. The molecule has 0 aliphatic carbocycles. The van der Waals surface area contributed by atoms with E-state index in [9.17, 15) is 0 Å². The normalized spacial score (nSPS) is 12.0. The number of benzene rings is 18. The third kappa shape index (κ3) is 12.0. The fourth-order valence-corrected chi connectivity index (χ4v) is 24.9. The van der Waals surface area contributed by atoms with Gasteiger partial charge in [0.15, 0.2) is 0 Å². The number of fused-ring (bicyclic) bond motifs is 34. The number of nitrogens with zero attached hydrogens (tertiary/aromatic N) is 12. The zero-order valence-corrected chi connectivity index (χ0v) is 75.0. The molecule has 0 saturated carbocycles. The molecule has 0 aliphatic rings. The highest BCUT2D eigenvalue weighted by atomic mass is 32.1. The largest absolute Gasteiger partial charge is 0.276 e. The fraction of sp³-hybridized carbons (Fsp3) is 0. The number of para-hydroxylation sites is 3. The van der Waals surface area contributed by atoms with Crippen LogP contribution >= 0.6 is 34.0 Å². The molecule has 0 bridgehead atoms. The lowest BCUT2D eigenvalue weighted by atomic mass is 9.99. The van der Waals surface area contributed by atoms with Gasteiger partial charge in [-0.2, -0.15) is 0 Å². The summed E-state index contributed by atoms with van der Waals surface area (Å²) >= 11 is 5.54. The van der Waals surface area contributed by atoms with Crippen molar-refractivity contribution in [2.45, 2.75) is 0 Å². The van der Waals surface area contributed by atoms with Crippen molar-refractivity contribution in [3.8, 4) is 73.9 Å². The summed E-state index contributed by atoms with van der Waals surface area (Å²) < 4.78 is 14.4. The van der Waals surface area contributed by atoms with Gasteiger partial charge in [0.25, 0.3) is 0 Å². The fourth-order valence-electron chi connectivity index (χ4n) is 21.1. The first-order chi connectivity index (χ1) is 67.5. The molecule has 18 aromatic carbocycles. The minimum absolute atomic E-state index is 0.640. The molecule has 0 N–H and O–H groups in total. The smallest absolute Gasteiger partial charge is 0.235 e. The summed E-state index contributed by atoms with van der Waals surface area (Å²) in [6.07, 6.45) is 5.47. The first-order valence-corrected chi connectivity index (χ1v) is 47.9. The second-order valence-corrected chi connectivity index (χ2v) is 37.6. The van der Waals surface area contributed by atoms with Crippen molar-refractivity contribution >= 4 is 236 Å². The van der Waals surface area contributed by atoms with Crippen LogP contribution in [0.2, 0.25) is 0 Å². The maximum absolute atomic E-state index is 5.40. The van der Waals surface area contributed by atoms with Crippen LogP contribution in [0.15, 0.2) is 425 Å². The lowest BCUT2D eigenvalue weighted by Gasteiger charge is -2.13. The summed E-state index contributed by atoms with van der Waals surface area (Å²) in [4.78, 5) is 46.1. The van der Waals surface area contributed by atoms with Crippen LogP contribution in [0, 0.1) is 0 Å². The van der Waals surface area contributed by atoms with Gasteiger partial charge >= 0.3 is 0 Å². The van der Waals surface area contributed by atoms with Crippen molar-refractivity contribution in [1.82, 2.24) is 58.6 Å². The molecule has 15 heteroatoms. The average Bonchev–Trinajstić information content (AvgIpc) is 1.54. The zero-order valence-electron chi connectivity index (χ0n) is 72.5. The minimum atomic E-state index is 0.640. The van der Waals surface area contributed by atoms with Crippen LogP contribution in [-0.4, -0.2) is 58.6 Å². The summed E-state index contributed by atoms with van der Waals surface area (Å²) in [7, 11) is 0. The molecule has 136 heavy (non-hydrogen) atoms. The Labute approximate surface area is 787 Å². The summed E-state index contributed by atoms with van der Waals surface area (Å²) in [5.41, 5.74) is 21.7. The summed E-state index contributed by atoms with van der Waals surface area (Å²) in [5, 5.41) is 24.8. The van der Waals surface area contributed by atoms with Gasteiger partial charge in [-0.05, 0) is 144 Å². The molecule has 0 atom stereocenters. The molecule has 12 heterocycles. The Balaban J connectivity index is 0.000000101. The number of hydrogen-bond donors (Lipinski definition) is 0. The van der Waals surface area contributed by atoms with Gasteiger partial charge < -0.3 is 0 Å². The van der Waals surface area contributed by atoms with Crippen LogP contribution in [0.5, 0.6) is 0 Å². The van der Waals surface area contributed by atoms with E-state index in [1.165, 1.54) is 136 Å². The van der Waals surface area contributed by atoms with Crippen molar-refractivity contribution in [3.05, 3.63) is 425 Å². The number of thiophene rings is 3. The van der Waals surface area contributed by atoms with Crippen LogP contribution in [0.3, 0.4) is 0 Å². The SMILES string of the molecule is c1ccc(-c2ccc(-c3nc(-n4c5ccccc5c5c6ccccc6c6c7ccccc7sc6c54)nc4cccnc34)cc2)cc1.c1ccc(-c2cccc(-c3nc(-n4c5ccccc5c5c6ccccc6c6c7ccccc7sc6c54)nc4cccnc34)c2)cc1.c1ccc2c(-c3nc(-n4c5ccccc5c5c6ccccc6c6c7ccccc7sc6c54)nc4cccnc34)cccc2c1. The van der Waals surface area contributed by atoms with E-state index in [1.54, 1.807) is 0 Å². The van der Waals surface area contributed by atoms with E-state index in [0.717, 1.165) is 122 Å². The van der Waals surface area contributed by atoms with Gasteiger partial charge in [-0.15, -0.1) is 34.0 Å². The van der Waals surface area contributed by atoms with Crippen LogP contribution in [0.25, 0.3) is 276 Å². The molecule has 0 fully saturated rings. The van der Waals surface area contributed by atoms with Crippen LogP contribution in [0.1, 0.15) is 0 Å². The molecular weight excluding hydrogens is 1720 g/mol. The highest BCUT2D eigenvalue weighted by Gasteiger charge is 2.30. The number of rotatable bonds is 8. The Bertz CT molecular complexity index is 10200. The van der Waals surface area contributed by atoms with Crippen LogP contribution < -0.4 is 0 Å². The van der Waals surface area contributed by atoms with E-state index in [1.807, 2.05) is 101 Å². The third-order valence-electron chi connectivity index (χ3n) is 26.9. The number of pyridine rings is 3. The standard InChI is InChI=1S/2C41H24N4S.C39H22N4S/c1-2-12-25(13-3-1)26-14-10-15-27(24-26)37-38-32(20-11-23-42-38)43-41(44-37)45-33-21-8-6-18-30(33)35-28-16-4-5-17-29(28)36-31-19-7-9-22-34(31)46-40(36)39(35)45;1-2-11-25(12-3-1)26-20-22-27(23-21-26)37-38-32(17-10-24-42-38)43-41(44-37)45-33-18-8-6-15-30(33)35-28-13-4-5-14-29(28)36-31-16-7-9-19-34(31)46-40(36)39(35)45;1-2-13-24-23(11-1)12-9-18-27(24)35-36-30(19-10-22-40-36)41-39(42-35)43-31-20-7-5-16-28(31)33-25-14-3-4-15-26(25)34-29-17-6-8-21-32(29)44-38(34)37(33)43/h2*1-24H;1-22H. The molecule has 30 rings (SSSR count). The molecule has 30 aromatic rings. The van der Waals surface area contributed by atoms with E-state index in [0.29, 0.717) is 17.8 Å². The van der Waals surface area contributed by atoms with E-state index >= 15 is 0 Å². The van der Waals surface area contributed by atoms with Gasteiger partial charge in [-0.25, -0.2) is 29.9 Å². The van der Waals surface area contributed by atoms with E-state index in [4.69, 9.17) is 44.9 Å². The molecule has 0 radical (unpaired) electrons. The summed E-state index contributed by atoms with van der Waals surface area (Å²) in [6.45, 7) is 0. The maximum Gasteiger partial charge on any atom is 0.235 e. The first kappa shape index (κ1) is 77.3. The summed E-state index contributed by atoms with van der Waals surface area (Å²) in [6, 6.07) is 144. The van der Waals surface area contributed by atoms with Gasteiger partial charge in [-0.3, -0.25) is 28.7 Å². The van der Waals surface area contributed by atoms with Gasteiger partial charge in [0.05, 0.1) is 63.8 Å². The van der Waals surface area contributed by atoms with Gasteiger partial charge in [0.1, 0.15) is 33.6 Å². The maximum atomic E-state index is 5.40. The molecule has 0 saturated heterocycles. The monoisotopic (exact) mass is 1790 g/mol. The predicted octanol–water partition coefficient (Wildman–Crippen LogP) is 32.4. The van der Waals surface area contributed by atoms with Crippen molar-refractivity contribution in [1.29, 1.82) is 0 Å². The van der Waals surface area contributed by atoms with E-state index < -0.39 is 0 Å². The third-order valence-corrected chi connectivity index (χ3v) is 30.5. The van der Waals surface area contributed by atoms with Gasteiger partial charge in [-0.1, -0.05) is 328 Å². The molecule has 0 unspecified atom stereocenters. The zero-order chi connectivity index (χ0) is 89.2. The molecular formula is C121H70N12S3. The predicted molar refractivity (Wildman–Crippen MR) is 571 cm³/mol. The van der Waals surface area contributed by atoms with Crippen molar-refractivity contribution in [3.63, 3.8) is 0 Å². The minimum Gasteiger partial charge on any atom is -0.276 e. The quantitative estimate of drug-likeness (QED) is 0.146. The molecule has 0 amide bonds. The van der Waals surface area contributed by atoms with Crippen molar-refractivity contribution in [2.24, 2.45) is 0 Å². The van der Waals surface area contributed by atoms with E-state index in [2.05, 4.69) is 372 Å². The van der Waals surface area contributed by atoms with Crippen LogP contribution in [0.4, 0.5) is 0 Å². The van der Waals surface area contributed by atoms with Crippen LogP contribution in [-0.2, 0) is 0 Å². The number of aromatic nitrogens is 12. The second kappa shape index (κ2) is 31.1. The Hall–Kier alpha value is -17.5. The van der Waals surface area contributed by atoms with Crippen molar-refractivity contribution in [2.75, 3.05) is 0 Å². The highest BCUT2D eigenvalue weighted by molar-refractivity contribution is 7.28. The first-order valence-electron chi connectivity index (χ1n) is 45.5. The van der Waals surface area contributed by atoms with Crippen molar-refractivity contribution < 1.29 is 0 Å². The van der Waals surface area contributed by atoms with E-state index in [-0.39, 0.29) is 0 Å². The molecule has 0 spiro atoms. The van der Waals surface area contributed by atoms with Gasteiger partial charge in [0.2, 0.25) is 17.8 Å². The second-order valence-electron chi connectivity index (χ2n) is 34.4. The number of hydrogen-bond acceptors (Lipinski definition) is 12. The molecule has 12 nitrogen and oxygen atoms in total. The molecule has 0 aliphatic heterocycles. The Morgan fingerprint density at radius 1 is 0.191 bits per heavy atom. The summed E-state index contributed by atoms with van der Waals surface area (Å²) in [5.74, 6) is 1.93. The average molecular weight is 1790 g/mol. The molecule has 12 aromatic heterocycles. The highest BCUT2D eigenvalue weighted by Crippen LogP contribution is 2.53. The Morgan fingerprint density at radius 3 is 0.912 bits per heavy atom. The van der Waals surface area contributed by atoms with Gasteiger partial charge in [0, 0.05) is 114 Å². The Morgan fingerprint density at radius 2 is 0.485 bits per heavy atom.